The molecule has 4 heteroatoms. The number of primary amides is 1. The van der Waals surface area contributed by atoms with Crippen LogP contribution in [0.3, 0.4) is 0 Å². The molecule has 0 saturated heterocycles. The van der Waals surface area contributed by atoms with Crippen LogP contribution < -0.4 is 5.73 Å². The maximum atomic E-state index is 11.6. The SMILES string of the molecule is CCCC#CC1=C(c2ccc(C(N)=O)cn2)CC(C2CCC2)C(C)c2cc(C)c(Cl)cc21. The zero-order valence-electron chi connectivity index (χ0n) is 19.2. The van der Waals surface area contributed by atoms with Gasteiger partial charge in [-0.1, -0.05) is 62.6 Å². The fraction of sp³-hybridized carbons (Fsp3) is 0.429. The Bertz CT molecular complexity index is 1120. The van der Waals surface area contributed by atoms with E-state index in [-0.39, 0.29) is 0 Å². The lowest BCUT2D eigenvalue weighted by Gasteiger charge is -2.37. The fourth-order valence-corrected chi connectivity index (χ4v) is 5.18. The lowest BCUT2D eigenvalue weighted by atomic mass is 9.67. The van der Waals surface area contributed by atoms with Gasteiger partial charge >= 0.3 is 0 Å². The van der Waals surface area contributed by atoms with E-state index in [1.165, 1.54) is 24.8 Å². The van der Waals surface area contributed by atoms with Gasteiger partial charge in [-0.15, -0.1) is 0 Å². The molecule has 166 valence electrons. The minimum absolute atomic E-state index is 0.414. The van der Waals surface area contributed by atoms with E-state index in [9.17, 15) is 4.79 Å². The molecule has 1 heterocycles. The summed E-state index contributed by atoms with van der Waals surface area (Å²) in [5, 5.41) is 0.768. The summed E-state index contributed by atoms with van der Waals surface area (Å²) in [5.41, 5.74) is 12.5. The summed E-state index contributed by atoms with van der Waals surface area (Å²) in [6.07, 6.45) is 8.26. The van der Waals surface area contributed by atoms with Crippen LogP contribution in [0.5, 0.6) is 0 Å². The number of hydrogen-bond acceptors (Lipinski definition) is 2. The molecule has 4 rings (SSSR count). The third-order valence-corrected chi connectivity index (χ3v) is 7.58. The van der Waals surface area contributed by atoms with Crippen LogP contribution >= 0.6 is 11.6 Å². The van der Waals surface area contributed by atoms with Gasteiger partial charge in [0.1, 0.15) is 0 Å². The van der Waals surface area contributed by atoms with Gasteiger partial charge in [-0.25, -0.2) is 0 Å². The molecule has 2 N–H and O–H groups in total. The zero-order chi connectivity index (χ0) is 22.8. The highest BCUT2D eigenvalue weighted by atomic mass is 35.5. The highest BCUT2D eigenvalue weighted by Gasteiger charge is 2.37. The summed E-state index contributed by atoms with van der Waals surface area (Å²) in [4.78, 5) is 16.2. The number of benzene rings is 1. The van der Waals surface area contributed by atoms with Crippen LogP contribution in [0.15, 0.2) is 30.5 Å². The third kappa shape index (κ3) is 4.34. The number of pyridine rings is 1. The predicted molar refractivity (Wildman–Crippen MR) is 132 cm³/mol. The van der Waals surface area contributed by atoms with Crippen LogP contribution in [0, 0.1) is 30.6 Å². The van der Waals surface area contributed by atoms with E-state index < -0.39 is 5.91 Å². The van der Waals surface area contributed by atoms with Gasteiger partial charge in [0, 0.05) is 23.2 Å². The van der Waals surface area contributed by atoms with Gasteiger partial charge in [0.25, 0.3) is 0 Å². The number of nitrogens with zero attached hydrogens (tertiary/aromatic N) is 1. The number of nitrogens with two attached hydrogens (primary N) is 1. The Morgan fingerprint density at radius 1 is 1.28 bits per heavy atom. The van der Waals surface area contributed by atoms with Gasteiger partial charge in [-0.3, -0.25) is 9.78 Å². The monoisotopic (exact) mass is 446 g/mol. The van der Waals surface area contributed by atoms with Gasteiger partial charge in [0.2, 0.25) is 5.91 Å². The van der Waals surface area contributed by atoms with Crippen molar-refractivity contribution in [2.24, 2.45) is 17.6 Å². The fourth-order valence-electron chi connectivity index (χ4n) is 5.02. The Hall–Kier alpha value is -2.57. The number of amides is 1. The van der Waals surface area contributed by atoms with Gasteiger partial charge < -0.3 is 5.73 Å². The van der Waals surface area contributed by atoms with Crippen molar-refractivity contribution in [2.45, 2.75) is 65.2 Å². The standard InChI is InChI=1S/C28H31ClN2O/c1-4-5-6-10-21-24-15-26(29)17(2)13-23(24)18(3)22(19-8-7-9-19)14-25(21)27-12-11-20(16-31-27)28(30)32/h11-13,15-16,18-19,22H,4-5,7-9,14H2,1-3H3,(H2,30,32). The minimum Gasteiger partial charge on any atom is -0.366 e. The molecule has 1 aromatic carbocycles. The average Bonchev–Trinajstić information content (AvgIpc) is 2.84. The largest absolute Gasteiger partial charge is 0.366 e. The maximum absolute atomic E-state index is 11.6. The van der Waals surface area contributed by atoms with Crippen molar-refractivity contribution in [1.29, 1.82) is 0 Å². The minimum atomic E-state index is -0.463. The van der Waals surface area contributed by atoms with E-state index in [4.69, 9.17) is 17.3 Å². The van der Waals surface area contributed by atoms with Crippen LogP contribution in [-0.4, -0.2) is 10.9 Å². The van der Waals surface area contributed by atoms with Crippen LogP contribution in [0.25, 0.3) is 11.1 Å². The predicted octanol–water partition coefficient (Wildman–Crippen LogP) is 6.78. The Kier molecular flexibility index (Phi) is 6.72. The number of aromatic nitrogens is 1. The first-order valence-electron chi connectivity index (χ1n) is 11.7. The molecule has 1 amide bonds. The molecule has 1 aromatic heterocycles. The molecule has 1 saturated carbocycles. The quantitative estimate of drug-likeness (QED) is 0.526. The zero-order valence-corrected chi connectivity index (χ0v) is 19.9. The first-order chi connectivity index (χ1) is 15.4. The van der Waals surface area contributed by atoms with E-state index in [2.05, 4.69) is 49.7 Å². The van der Waals surface area contributed by atoms with Crippen molar-refractivity contribution >= 4 is 28.7 Å². The van der Waals surface area contributed by atoms with Crippen molar-refractivity contribution < 1.29 is 4.79 Å². The number of carbonyl (C=O) groups is 1. The van der Waals surface area contributed by atoms with E-state index in [1.54, 1.807) is 12.3 Å². The third-order valence-electron chi connectivity index (χ3n) is 7.18. The Morgan fingerprint density at radius 3 is 2.66 bits per heavy atom. The molecular weight excluding hydrogens is 416 g/mol. The summed E-state index contributed by atoms with van der Waals surface area (Å²) in [6.45, 7) is 6.58. The molecular formula is C28H31ClN2O. The number of hydrogen-bond donors (Lipinski definition) is 1. The van der Waals surface area contributed by atoms with Crippen molar-refractivity contribution in [3.8, 4) is 11.8 Å². The van der Waals surface area contributed by atoms with E-state index in [0.717, 1.165) is 58.2 Å². The molecule has 3 nitrogen and oxygen atoms in total. The molecule has 2 unspecified atom stereocenters. The van der Waals surface area contributed by atoms with Crippen LogP contribution in [-0.2, 0) is 0 Å². The van der Waals surface area contributed by atoms with Crippen LogP contribution in [0.1, 0.15) is 91.0 Å². The van der Waals surface area contributed by atoms with Gasteiger partial charge in [0.15, 0.2) is 0 Å². The maximum Gasteiger partial charge on any atom is 0.250 e. The molecule has 1 fully saturated rings. The molecule has 2 atom stereocenters. The molecule has 2 aliphatic rings. The van der Waals surface area contributed by atoms with Gasteiger partial charge in [0.05, 0.1) is 11.3 Å². The van der Waals surface area contributed by atoms with Gasteiger partial charge in [-0.05, 0) is 78.0 Å². The Morgan fingerprint density at radius 2 is 2.06 bits per heavy atom. The van der Waals surface area contributed by atoms with Crippen LogP contribution in [0.4, 0.5) is 0 Å². The Balaban J connectivity index is 1.95. The Labute approximate surface area is 196 Å². The first kappa shape index (κ1) is 22.6. The highest BCUT2D eigenvalue weighted by Crippen LogP contribution is 2.50. The lowest BCUT2D eigenvalue weighted by molar-refractivity contribution is 0.1000. The number of carbonyl (C=O) groups excluding carboxylic acids is 1. The van der Waals surface area contributed by atoms with Gasteiger partial charge in [-0.2, -0.15) is 0 Å². The lowest BCUT2D eigenvalue weighted by Crippen LogP contribution is -2.26. The average molecular weight is 447 g/mol. The molecule has 0 bridgehead atoms. The summed E-state index contributed by atoms with van der Waals surface area (Å²) in [5.74, 6) is 8.08. The highest BCUT2D eigenvalue weighted by molar-refractivity contribution is 6.31. The first-order valence-corrected chi connectivity index (χ1v) is 12.1. The van der Waals surface area contributed by atoms with Crippen molar-refractivity contribution in [3.05, 3.63) is 63.4 Å². The number of fused-ring (bicyclic) bond motifs is 1. The molecule has 2 aliphatic carbocycles. The summed E-state index contributed by atoms with van der Waals surface area (Å²) in [6, 6.07) is 8.05. The molecule has 0 aliphatic heterocycles. The summed E-state index contributed by atoms with van der Waals surface area (Å²) < 4.78 is 0. The molecule has 0 radical (unpaired) electrons. The second kappa shape index (κ2) is 9.51. The number of halogens is 1. The molecule has 32 heavy (non-hydrogen) atoms. The van der Waals surface area contributed by atoms with Crippen molar-refractivity contribution in [2.75, 3.05) is 0 Å². The topological polar surface area (TPSA) is 56.0 Å². The van der Waals surface area contributed by atoms with E-state index >= 15 is 0 Å². The number of rotatable bonds is 4. The summed E-state index contributed by atoms with van der Waals surface area (Å²) >= 11 is 6.62. The second-order valence-corrected chi connectivity index (χ2v) is 9.65. The normalized spacial score (nSPS) is 20.6. The smallest absolute Gasteiger partial charge is 0.250 e. The van der Waals surface area contributed by atoms with Crippen LogP contribution in [0.2, 0.25) is 5.02 Å². The van der Waals surface area contributed by atoms with E-state index in [1.807, 2.05) is 6.07 Å². The summed E-state index contributed by atoms with van der Waals surface area (Å²) in [7, 11) is 0. The van der Waals surface area contributed by atoms with E-state index in [0.29, 0.717) is 17.4 Å². The number of aryl methyl sites for hydroxylation is 1. The van der Waals surface area contributed by atoms with Crippen molar-refractivity contribution in [1.82, 2.24) is 4.98 Å². The molecule has 2 aromatic rings. The molecule has 0 spiro atoms. The van der Waals surface area contributed by atoms with Crippen molar-refractivity contribution in [3.63, 3.8) is 0 Å². The second-order valence-electron chi connectivity index (χ2n) is 9.24. The number of unbranched alkanes of at least 4 members (excludes halogenated alkanes) is 1. The number of allylic oxidation sites excluding steroid dienone is 2.